The van der Waals surface area contributed by atoms with Gasteiger partial charge in [0.15, 0.2) is 0 Å². The maximum Gasteiger partial charge on any atom is 0.319 e. The molecule has 0 bridgehead atoms. The minimum atomic E-state index is 0.0516. The number of carbonyl (C=O) groups is 1. The Kier molecular flexibility index (Phi) is 4.42. The van der Waals surface area contributed by atoms with E-state index in [-0.39, 0.29) is 12.1 Å². The lowest BCUT2D eigenvalue weighted by atomic mass is 10.0. The van der Waals surface area contributed by atoms with E-state index in [0.29, 0.717) is 0 Å². The van der Waals surface area contributed by atoms with Gasteiger partial charge in [0.05, 0.1) is 6.04 Å². The first-order valence-corrected chi connectivity index (χ1v) is 6.97. The molecule has 1 saturated heterocycles. The van der Waals surface area contributed by atoms with E-state index in [4.69, 9.17) is 0 Å². The third-order valence-electron chi connectivity index (χ3n) is 3.71. The summed E-state index contributed by atoms with van der Waals surface area (Å²) in [6.45, 7) is 3.70. The Hall–Kier alpha value is -1.85. The molecule has 1 aliphatic rings. The molecule has 0 radical (unpaired) electrons. The quantitative estimate of drug-likeness (QED) is 0.819. The van der Waals surface area contributed by atoms with Crippen molar-refractivity contribution in [2.75, 3.05) is 39.1 Å². The Morgan fingerprint density at radius 2 is 2.15 bits per heavy atom. The molecule has 1 atom stereocenters. The highest BCUT2D eigenvalue weighted by Crippen LogP contribution is 2.20. The SMILES string of the molecule is Cc1nccc(N2CCCC(N(C)C(=O)N(C)C)C2)n1. The van der Waals surface area contributed by atoms with E-state index in [1.807, 2.05) is 24.9 Å². The lowest BCUT2D eigenvalue weighted by Gasteiger charge is -2.39. The predicted octanol–water partition coefficient (Wildman–Crippen LogP) is 1.37. The lowest BCUT2D eigenvalue weighted by Crippen LogP contribution is -2.51. The Bertz CT molecular complexity index is 476. The summed E-state index contributed by atoms with van der Waals surface area (Å²) in [5.74, 6) is 1.73. The molecule has 20 heavy (non-hydrogen) atoms. The smallest absolute Gasteiger partial charge is 0.319 e. The molecule has 2 amide bonds. The van der Waals surface area contributed by atoms with Crippen LogP contribution >= 0.6 is 0 Å². The number of urea groups is 1. The van der Waals surface area contributed by atoms with Gasteiger partial charge in [-0.2, -0.15) is 0 Å². The molecule has 6 heteroatoms. The van der Waals surface area contributed by atoms with Crippen molar-refractivity contribution in [3.8, 4) is 0 Å². The zero-order chi connectivity index (χ0) is 14.7. The van der Waals surface area contributed by atoms with Gasteiger partial charge < -0.3 is 14.7 Å². The number of hydrogen-bond acceptors (Lipinski definition) is 4. The summed E-state index contributed by atoms with van der Waals surface area (Å²) in [6, 6.07) is 2.22. The number of aryl methyl sites for hydroxylation is 1. The van der Waals surface area contributed by atoms with Gasteiger partial charge in [-0.15, -0.1) is 0 Å². The summed E-state index contributed by atoms with van der Waals surface area (Å²) in [4.78, 5) is 26.3. The Morgan fingerprint density at radius 3 is 2.80 bits per heavy atom. The topological polar surface area (TPSA) is 52.6 Å². The number of carbonyl (C=O) groups excluding carboxylic acids is 1. The molecule has 2 rings (SSSR count). The molecule has 0 aromatic carbocycles. The second-order valence-electron chi connectivity index (χ2n) is 5.49. The zero-order valence-corrected chi connectivity index (χ0v) is 12.7. The lowest BCUT2D eigenvalue weighted by molar-refractivity contribution is 0.157. The van der Waals surface area contributed by atoms with Gasteiger partial charge >= 0.3 is 6.03 Å². The van der Waals surface area contributed by atoms with Crippen molar-refractivity contribution in [2.24, 2.45) is 0 Å². The summed E-state index contributed by atoms with van der Waals surface area (Å²) in [7, 11) is 5.45. The molecule has 1 unspecified atom stereocenters. The maximum atomic E-state index is 12.0. The summed E-state index contributed by atoms with van der Waals surface area (Å²) in [5.41, 5.74) is 0. The van der Waals surface area contributed by atoms with E-state index >= 15 is 0 Å². The highest BCUT2D eigenvalue weighted by Gasteiger charge is 2.27. The van der Waals surface area contributed by atoms with Crippen LogP contribution in [0.4, 0.5) is 10.6 Å². The number of piperidine rings is 1. The average Bonchev–Trinajstić information content (AvgIpc) is 2.45. The Morgan fingerprint density at radius 1 is 1.40 bits per heavy atom. The normalized spacial score (nSPS) is 18.8. The number of likely N-dealkylation sites (N-methyl/N-ethyl adjacent to an activating group) is 1. The zero-order valence-electron chi connectivity index (χ0n) is 12.7. The highest BCUT2D eigenvalue weighted by molar-refractivity contribution is 5.74. The third-order valence-corrected chi connectivity index (χ3v) is 3.71. The fraction of sp³-hybridized carbons (Fsp3) is 0.643. The van der Waals surface area contributed by atoms with E-state index in [1.165, 1.54) is 0 Å². The maximum absolute atomic E-state index is 12.0. The minimum absolute atomic E-state index is 0.0516. The van der Waals surface area contributed by atoms with E-state index < -0.39 is 0 Å². The van der Waals surface area contributed by atoms with Gasteiger partial charge in [-0.1, -0.05) is 0 Å². The van der Waals surface area contributed by atoms with Gasteiger partial charge in [0, 0.05) is 40.4 Å². The summed E-state index contributed by atoms with van der Waals surface area (Å²) < 4.78 is 0. The molecule has 110 valence electrons. The molecule has 6 nitrogen and oxygen atoms in total. The molecule has 1 aromatic rings. The van der Waals surface area contributed by atoms with Crippen molar-refractivity contribution < 1.29 is 4.79 Å². The van der Waals surface area contributed by atoms with Crippen LogP contribution in [0.2, 0.25) is 0 Å². The van der Waals surface area contributed by atoms with Crippen molar-refractivity contribution in [2.45, 2.75) is 25.8 Å². The van der Waals surface area contributed by atoms with Crippen LogP contribution < -0.4 is 4.90 Å². The van der Waals surface area contributed by atoms with Crippen LogP contribution in [0.3, 0.4) is 0 Å². The van der Waals surface area contributed by atoms with Crippen molar-refractivity contribution in [3.63, 3.8) is 0 Å². The largest absolute Gasteiger partial charge is 0.354 e. The number of aromatic nitrogens is 2. The molecular formula is C14H23N5O. The third kappa shape index (κ3) is 3.18. The monoisotopic (exact) mass is 277 g/mol. The fourth-order valence-corrected chi connectivity index (χ4v) is 2.57. The predicted molar refractivity (Wildman–Crippen MR) is 78.9 cm³/mol. The molecule has 1 aliphatic heterocycles. The number of rotatable bonds is 2. The fourth-order valence-electron chi connectivity index (χ4n) is 2.57. The number of anilines is 1. The molecule has 0 N–H and O–H groups in total. The van der Waals surface area contributed by atoms with Gasteiger partial charge in [-0.3, -0.25) is 0 Å². The van der Waals surface area contributed by atoms with Crippen LogP contribution in [-0.2, 0) is 0 Å². The van der Waals surface area contributed by atoms with Crippen molar-refractivity contribution in [1.29, 1.82) is 0 Å². The first-order chi connectivity index (χ1) is 9.49. The first kappa shape index (κ1) is 14.6. The number of amides is 2. The molecule has 0 saturated carbocycles. The second-order valence-corrected chi connectivity index (χ2v) is 5.49. The van der Waals surface area contributed by atoms with Crippen LogP contribution in [0.5, 0.6) is 0 Å². The van der Waals surface area contributed by atoms with Crippen molar-refractivity contribution in [3.05, 3.63) is 18.1 Å². The Balaban J connectivity index is 2.07. The summed E-state index contributed by atoms with van der Waals surface area (Å²) in [6.07, 6.45) is 3.89. The van der Waals surface area contributed by atoms with Gasteiger partial charge in [0.2, 0.25) is 0 Å². The van der Waals surface area contributed by atoms with Crippen LogP contribution in [0.25, 0.3) is 0 Å². The Labute approximate surface area is 120 Å². The standard InChI is InChI=1S/C14H23N5O/c1-11-15-8-7-13(16-11)19-9-5-6-12(10-19)18(4)14(20)17(2)3/h7-8,12H,5-6,9-10H2,1-4H3. The van der Waals surface area contributed by atoms with Crippen LogP contribution in [-0.4, -0.2) is 66.1 Å². The van der Waals surface area contributed by atoms with Crippen LogP contribution in [0, 0.1) is 6.92 Å². The van der Waals surface area contributed by atoms with E-state index in [1.54, 1.807) is 25.2 Å². The van der Waals surface area contributed by atoms with Crippen molar-refractivity contribution in [1.82, 2.24) is 19.8 Å². The second kappa shape index (κ2) is 6.07. The highest BCUT2D eigenvalue weighted by atomic mass is 16.2. The van der Waals surface area contributed by atoms with E-state index in [0.717, 1.165) is 37.6 Å². The average molecular weight is 277 g/mol. The van der Waals surface area contributed by atoms with E-state index in [2.05, 4.69) is 14.9 Å². The molecule has 0 spiro atoms. The van der Waals surface area contributed by atoms with Gasteiger partial charge in [-0.25, -0.2) is 14.8 Å². The van der Waals surface area contributed by atoms with Gasteiger partial charge in [-0.05, 0) is 25.8 Å². The first-order valence-electron chi connectivity index (χ1n) is 6.97. The van der Waals surface area contributed by atoms with Gasteiger partial charge in [0.1, 0.15) is 11.6 Å². The summed E-state index contributed by atoms with van der Waals surface area (Å²) in [5, 5.41) is 0. The summed E-state index contributed by atoms with van der Waals surface area (Å²) >= 11 is 0. The molecule has 0 aliphatic carbocycles. The number of nitrogens with zero attached hydrogens (tertiary/aromatic N) is 5. The van der Waals surface area contributed by atoms with Crippen LogP contribution in [0.1, 0.15) is 18.7 Å². The van der Waals surface area contributed by atoms with Crippen LogP contribution in [0.15, 0.2) is 12.3 Å². The molecule has 2 heterocycles. The van der Waals surface area contributed by atoms with Gasteiger partial charge in [0.25, 0.3) is 0 Å². The molecule has 1 aromatic heterocycles. The van der Waals surface area contributed by atoms with E-state index in [9.17, 15) is 4.79 Å². The minimum Gasteiger partial charge on any atom is -0.354 e. The number of hydrogen-bond donors (Lipinski definition) is 0. The molecule has 1 fully saturated rings. The molecular weight excluding hydrogens is 254 g/mol. The van der Waals surface area contributed by atoms with Crippen molar-refractivity contribution >= 4 is 11.8 Å².